The number of nitrogens with one attached hydrogen (secondary N) is 1. The lowest BCUT2D eigenvalue weighted by Crippen LogP contribution is -2.20. The summed E-state index contributed by atoms with van der Waals surface area (Å²) >= 11 is 6.08. The van der Waals surface area contributed by atoms with Gasteiger partial charge in [0.15, 0.2) is 18.1 Å². The van der Waals surface area contributed by atoms with Crippen molar-refractivity contribution in [2.45, 2.75) is 0 Å². The van der Waals surface area contributed by atoms with Crippen LogP contribution in [0.15, 0.2) is 79.0 Å². The molecule has 198 valence electrons. The fourth-order valence-electron chi connectivity index (χ4n) is 3.92. The molecule has 1 N–H and O–H groups in total. The normalized spacial score (nSPS) is 12.3. The number of nitrogens with zero attached hydrogens (tertiary/aromatic N) is 2. The van der Waals surface area contributed by atoms with E-state index in [9.17, 15) is 9.59 Å². The Kier molecular flexibility index (Phi) is 7.79. The molecule has 0 spiro atoms. The quantitative estimate of drug-likeness (QED) is 0.241. The molecular formula is C29H24ClN3O6. The number of aromatic nitrogens is 2. The summed E-state index contributed by atoms with van der Waals surface area (Å²) in [6.07, 6.45) is 4.67. The highest BCUT2D eigenvalue weighted by molar-refractivity contribution is 6.32. The van der Waals surface area contributed by atoms with Crippen LogP contribution >= 0.6 is 11.6 Å². The third kappa shape index (κ3) is 6.22. The summed E-state index contributed by atoms with van der Waals surface area (Å²) in [5.74, 6) is 0.595. The molecule has 0 bridgehead atoms. The largest absolute Gasteiger partial charge is 0.495 e. The van der Waals surface area contributed by atoms with Gasteiger partial charge in [0.1, 0.15) is 24.7 Å². The van der Waals surface area contributed by atoms with Crippen molar-refractivity contribution in [3.05, 3.63) is 89.6 Å². The van der Waals surface area contributed by atoms with Gasteiger partial charge in [0.2, 0.25) is 0 Å². The Morgan fingerprint density at radius 1 is 1.05 bits per heavy atom. The van der Waals surface area contributed by atoms with Crippen molar-refractivity contribution in [3.8, 4) is 34.2 Å². The first kappa shape index (κ1) is 25.9. The van der Waals surface area contributed by atoms with Gasteiger partial charge in [0.25, 0.3) is 5.91 Å². The van der Waals surface area contributed by atoms with Crippen LogP contribution < -0.4 is 19.5 Å². The van der Waals surface area contributed by atoms with Gasteiger partial charge in [-0.25, -0.2) is 9.48 Å². The number of carbonyl (C=O) groups is 2. The predicted molar refractivity (Wildman–Crippen MR) is 147 cm³/mol. The van der Waals surface area contributed by atoms with Gasteiger partial charge in [0, 0.05) is 29.1 Å². The predicted octanol–water partition coefficient (Wildman–Crippen LogP) is 5.17. The van der Waals surface area contributed by atoms with Gasteiger partial charge in [-0.05, 0) is 54.6 Å². The smallest absolute Gasteiger partial charge is 0.331 e. The number of hydrogen-bond donors (Lipinski definition) is 1. The number of halogens is 1. The van der Waals surface area contributed by atoms with Crippen molar-refractivity contribution in [3.63, 3.8) is 0 Å². The molecule has 5 rings (SSSR count). The van der Waals surface area contributed by atoms with Crippen molar-refractivity contribution >= 4 is 35.2 Å². The van der Waals surface area contributed by atoms with Crippen LogP contribution in [0.2, 0.25) is 5.02 Å². The van der Waals surface area contributed by atoms with Crippen LogP contribution in [0.1, 0.15) is 5.56 Å². The van der Waals surface area contributed by atoms with E-state index in [1.165, 1.54) is 13.2 Å². The zero-order chi connectivity index (χ0) is 27.2. The van der Waals surface area contributed by atoms with Crippen LogP contribution in [0.25, 0.3) is 23.0 Å². The summed E-state index contributed by atoms with van der Waals surface area (Å²) in [7, 11) is 1.50. The Morgan fingerprint density at radius 2 is 1.85 bits per heavy atom. The number of para-hydroxylation sites is 1. The average Bonchev–Trinajstić information content (AvgIpc) is 3.40. The second kappa shape index (κ2) is 11.7. The van der Waals surface area contributed by atoms with Gasteiger partial charge in [-0.2, -0.15) is 5.10 Å². The maximum Gasteiger partial charge on any atom is 0.331 e. The first-order valence-electron chi connectivity index (χ1n) is 12.0. The minimum Gasteiger partial charge on any atom is -0.495 e. The SMILES string of the molecule is COc1ccc(NC(=O)COC(=O)/C=C/c2cn(-c3ccccc3)nc2-c2ccc3c(c2)OCCO3)cc1Cl. The summed E-state index contributed by atoms with van der Waals surface area (Å²) in [6, 6.07) is 20.0. The molecule has 0 fully saturated rings. The molecule has 0 atom stereocenters. The molecule has 10 heteroatoms. The number of hydrogen-bond acceptors (Lipinski definition) is 7. The van der Waals surface area contributed by atoms with E-state index < -0.39 is 18.5 Å². The number of anilines is 1. The molecule has 3 aromatic carbocycles. The maximum absolute atomic E-state index is 12.4. The summed E-state index contributed by atoms with van der Waals surface area (Å²) in [5, 5.41) is 7.72. The topological polar surface area (TPSA) is 101 Å². The first-order valence-corrected chi connectivity index (χ1v) is 12.4. The Labute approximate surface area is 229 Å². The summed E-state index contributed by atoms with van der Waals surface area (Å²) < 4.78 is 23.3. The van der Waals surface area contributed by atoms with Crippen LogP contribution in [-0.4, -0.2) is 48.6 Å². The van der Waals surface area contributed by atoms with E-state index in [0.29, 0.717) is 52.4 Å². The molecule has 0 aliphatic carbocycles. The molecular weight excluding hydrogens is 522 g/mol. The van der Waals surface area contributed by atoms with E-state index in [1.54, 1.807) is 29.0 Å². The fourth-order valence-corrected chi connectivity index (χ4v) is 4.18. The number of amides is 1. The van der Waals surface area contributed by atoms with E-state index in [0.717, 1.165) is 11.3 Å². The van der Waals surface area contributed by atoms with Gasteiger partial charge in [-0.1, -0.05) is 29.8 Å². The van der Waals surface area contributed by atoms with Crippen molar-refractivity contribution in [1.82, 2.24) is 9.78 Å². The summed E-state index contributed by atoms with van der Waals surface area (Å²) in [5.41, 5.74) is 3.40. The van der Waals surface area contributed by atoms with E-state index in [1.807, 2.05) is 54.7 Å². The zero-order valence-electron chi connectivity index (χ0n) is 20.9. The maximum atomic E-state index is 12.4. The fraction of sp³-hybridized carbons (Fsp3) is 0.138. The standard InChI is InChI=1S/C29H24ClN3O6/c1-36-24-11-9-21(16-23(24)30)31-27(34)18-39-28(35)12-8-20-17-33(22-5-3-2-4-6-22)32-29(20)19-7-10-25-26(15-19)38-14-13-37-25/h2-12,15-17H,13-14,18H2,1H3,(H,31,34)/b12-8+. The molecule has 2 heterocycles. The average molecular weight is 546 g/mol. The molecule has 4 aromatic rings. The molecule has 0 unspecified atom stereocenters. The second-order valence-electron chi connectivity index (χ2n) is 8.41. The number of esters is 1. The second-order valence-corrected chi connectivity index (χ2v) is 8.82. The lowest BCUT2D eigenvalue weighted by atomic mass is 10.1. The number of rotatable bonds is 8. The van der Waals surface area contributed by atoms with E-state index in [2.05, 4.69) is 5.32 Å². The highest BCUT2D eigenvalue weighted by atomic mass is 35.5. The molecule has 0 radical (unpaired) electrons. The molecule has 0 saturated carbocycles. The molecule has 9 nitrogen and oxygen atoms in total. The Hall–Kier alpha value is -4.76. The summed E-state index contributed by atoms with van der Waals surface area (Å²) in [4.78, 5) is 24.7. The molecule has 1 aliphatic heterocycles. The van der Waals surface area contributed by atoms with Gasteiger partial charge in [0.05, 0.1) is 17.8 Å². The molecule has 1 aliphatic rings. The molecule has 1 amide bonds. The third-order valence-electron chi connectivity index (χ3n) is 5.76. The van der Waals surface area contributed by atoms with E-state index in [4.69, 9.17) is 35.6 Å². The van der Waals surface area contributed by atoms with Gasteiger partial charge in [-0.3, -0.25) is 4.79 Å². The van der Waals surface area contributed by atoms with Gasteiger partial charge in [-0.15, -0.1) is 0 Å². The number of methoxy groups -OCH3 is 1. The van der Waals surface area contributed by atoms with Gasteiger partial charge < -0.3 is 24.3 Å². The number of fused-ring (bicyclic) bond motifs is 1. The molecule has 1 aromatic heterocycles. The number of carbonyl (C=O) groups excluding carboxylic acids is 2. The van der Waals surface area contributed by atoms with Crippen LogP contribution in [0.5, 0.6) is 17.2 Å². The minimum atomic E-state index is -0.682. The number of ether oxygens (including phenoxy) is 4. The lowest BCUT2D eigenvalue weighted by molar-refractivity contribution is -0.142. The van der Waals surface area contributed by atoms with Crippen molar-refractivity contribution < 1.29 is 28.5 Å². The van der Waals surface area contributed by atoms with E-state index >= 15 is 0 Å². The van der Waals surface area contributed by atoms with Crippen molar-refractivity contribution in [2.75, 3.05) is 32.2 Å². The Bertz CT molecular complexity index is 1530. The first-order chi connectivity index (χ1) is 19.0. The zero-order valence-corrected chi connectivity index (χ0v) is 21.7. The molecule has 39 heavy (non-hydrogen) atoms. The Morgan fingerprint density at radius 3 is 2.62 bits per heavy atom. The van der Waals surface area contributed by atoms with Crippen LogP contribution in [0.3, 0.4) is 0 Å². The van der Waals surface area contributed by atoms with Crippen LogP contribution in [-0.2, 0) is 14.3 Å². The van der Waals surface area contributed by atoms with Crippen molar-refractivity contribution in [1.29, 1.82) is 0 Å². The van der Waals surface area contributed by atoms with Crippen LogP contribution in [0, 0.1) is 0 Å². The number of benzene rings is 3. The minimum absolute atomic E-state index is 0.347. The monoisotopic (exact) mass is 545 g/mol. The Balaban J connectivity index is 1.30. The molecule has 0 saturated heterocycles. The van der Waals surface area contributed by atoms with Gasteiger partial charge >= 0.3 is 5.97 Å². The van der Waals surface area contributed by atoms with E-state index in [-0.39, 0.29) is 0 Å². The highest BCUT2D eigenvalue weighted by Gasteiger charge is 2.17. The lowest BCUT2D eigenvalue weighted by Gasteiger charge is -2.18. The third-order valence-corrected chi connectivity index (χ3v) is 6.05. The van der Waals surface area contributed by atoms with Crippen molar-refractivity contribution in [2.24, 2.45) is 0 Å². The van der Waals surface area contributed by atoms with Crippen LogP contribution in [0.4, 0.5) is 5.69 Å². The highest BCUT2D eigenvalue weighted by Crippen LogP contribution is 2.35. The summed E-state index contributed by atoms with van der Waals surface area (Å²) in [6.45, 7) is 0.495.